The minimum Gasteiger partial charge on any atom is -0.495 e. The quantitative estimate of drug-likeness (QED) is 0.849. The molecule has 0 aliphatic heterocycles. The molecule has 0 atom stereocenters. The lowest BCUT2D eigenvalue weighted by Gasteiger charge is -2.20. The van der Waals surface area contributed by atoms with Crippen LogP contribution in [0.5, 0.6) is 5.75 Å². The molecule has 0 fully saturated rings. The van der Waals surface area contributed by atoms with Crippen LogP contribution in [0.3, 0.4) is 0 Å². The van der Waals surface area contributed by atoms with Crippen LogP contribution in [-0.2, 0) is 6.54 Å². The minimum absolute atomic E-state index is 0.349. The maximum atomic E-state index is 5.41. The Balaban J connectivity index is 2.73. The molecule has 0 aromatic heterocycles. The summed E-state index contributed by atoms with van der Waals surface area (Å²) >= 11 is 0. The second-order valence-corrected chi connectivity index (χ2v) is 6.51. The zero-order valence-corrected chi connectivity index (χ0v) is 13.2. The molecule has 0 aliphatic rings. The molecule has 108 valence electrons. The third kappa shape index (κ3) is 5.97. The van der Waals surface area contributed by atoms with Gasteiger partial charge in [-0.1, -0.05) is 26.8 Å². The summed E-state index contributed by atoms with van der Waals surface area (Å²) in [6.45, 7) is 8.68. The van der Waals surface area contributed by atoms with Crippen molar-refractivity contribution >= 4 is 5.69 Å². The number of anilines is 1. The lowest BCUT2D eigenvalue weighted by atomic mass is 9.92. The van der Waals surface area contributed by atoms with E-state index in [0.29, 0.717) is 5.41 Å². The molecule has 0 heterocycles. The SMILES string of the molecule is COc1ccc(CN(C)C)cc1NCCC(C)(C)C. The number of ether oxygens (including phenoxy) is 1. The first-order valence-electron chi connectivity index (χ1n) is 6.87. The van der Waals surface area contributed by atoms with Crippen molar-refractivity contribution in [2.24, 2.45) is 5.41 Å². The average Bonchev–Trinajstić information content (AvgIpc) is 2.27. The van der Waals surface area contributed by atoms with Crippen LogP contribution in [0.15, 0.2) is 18.2 Å². The molecule has 1 rings (SSSR count). The molecule has 0 unspecified atom stereocenters. The lowest BCUT2D eigenvalue weighted by Crippen LogP contribution is -2.14. The molecular weight excluding hydrogens is 236 g/mol. The second-order valence-electron chi connectivity index (χ2n) is 6.51. The number of benzene rings is 1. The molecule has 0 saturated heterocycles. The number of hydrogen-bond donors (Lipinski definition) is 1. The topological polar surface area (TPSA) is 24.5 Å². The van der Waals surface area contributed by atoms with Crippen molar-refractivity contribution in [3.05, 3.63) is 23.8 Å². The average molecular weight is 264 g/mol. The van der Waals surface area contributed by atoms with Crippen LogP contribution in [0.2, 0.25) is 0 Å². The van der Waals surface area contributed by atoms with Gasteiger partial charge in [0.2, 0.25) is 0 Å². The summed E-state index contributed by atoms with van der Waals surface area (Å²) in [5.74, 6) is 0.913. The van der Waals surface area contributed by atoms with Crippen LogP contribution in [0.4, 0.5) is 5.69 Å². The van der Waals surface area contributed by atoms with Gasteiger partial charge in [-0.25, -0.2) is 0 Å². The van der Waals surface area contributed by atoms with Crippen molar-refractivity contribution < 1.29 is 4.74 Å². The van der Waals surface area contributed by atoms with Gasteiger partial charge in [0.15, 0.2) is 0 Å². The van der Waals surface area contributed by atoms with E-state index in [9.17, 15) is 0 Å². The van der Waals surface area contributed by atoms with E-state index in [4.69, 9.17) is 4.74 Å². The van der Waals surface area contributed by atoms with Gasteiger partial charge in [0.1, 0.15) is 5.75 Å². The Kier molecular flexibility index (Phi) is 5.67. The highest BCUT2D eigenvalue weighted by Gasteiger charge is 2.10. The maximum absolute atomic E-state index is 5.41. The summed E-state index contributed by atoms with van der Waals surface area (Å²) in [6.07, 6.45) is 1.13. The molecule has 19 heavy (non-hydrogen) atoms. The fourth-order valence-electron chi connectivity index (χ4n) is 1.93. The van der Waals surface area contributed by atoms with E-state index in [2.05, 4.69) is 57.2 Å². The van der Waals surface area contributed by atoms with Gasteiger partial charge in [0.05, 0.1) is 12.8 Å². The van der Waals surface area contributed by atoms with Gasteiger partial charge in [-0.15, -0.1) is 0 Å². The van der Waals surface area contributed by atoms with Crippen molar-refractivity contribution in [2.45, 2.75) is 33.7 Å². The second kappa shape index (κ2) is 6.80. The van der Waals surface area contributed by atoms with Gasteiger partial charge in [0.25, 0.3) is 0 Å². The molecule has 0 radical (unpaired) electrons. The fraction of sp³-hybridized carbons (Fsp3) is 0.625. The van der Waals surface area contributed by atoms with Crippen molar-refractivity contribution in [1.82, 2.24) is 4.90 Å². The normalized spacial score (nSPS) is 11.7. The van der Waals surface area contributed by atoms with Gasteiger partial charge in [-0.2, -0.15) is 0 Å². The summed E-state index contributed by atoms with van der Waals surface area (Å²) in [6, 6.07) is 6.34. The highest BCUT2D eigenvalue weighted by molar-refractivity contribution is 5.58. The molecule has 3 nitrogen and oxygen atoms in total. The molecule has 1 aromatic rings. The molecule has 3 heteroatoms. The fourth-order valence-corrected chi connectivity index (χ4v) is 1.93. The van der Waals surface area contributed by atoms with Crippen molar-refractivity contribution in [1.29, 1.82) is 0 Å². The Bertz CT molecular complexity index is 394. The van der Waals surface area contributed by atoms with Crippen LogP contribution in [0, 0.1) is 5.41 Å². The first kappa shape index (κ1) is 15.8. The molecule has 0 amide bonds. The maximum Gasteiger partial charge on any atom is 0.141 e. The smallest absolute Gasteiger partial charge is 0.141 e. The van der Waals surface area contributed by atoms with E-state index in [0.717, 1.165) is 30.9 Å². The van der Waals surface area contributed by atoms with E-state index < -0.39 is 0 Å². The number of nitrogens with one attached hydrogen (secondary N) is 1. The first-order valence-corrected chi connectivity index (χ1v) is 6.87. The van der Waals surface area contributed by atoms with Crippen molar-refractivity contribution in [3.63, 3.8) is 0 Å². The number of methoxy groups -OCH3 is 1. The summed E-state index contributed by atoms with van der Waals surface area (Å²) in [7, 11) is 5.88. The van der Waals surface area contributed by atoms with Gasteiger partial charge in [-0.3, -0.25) is 0 Å². The van der Waals surface area contributed by atoms with Crippen molar-refractivity contribution in [2.75, 3.05) is 33.1 Å². The lowest BCUT2D eigenvalue weighted by molar-refractivity contribution is 0.388. The Morgan fingerprint density at radius 2 is 1.89 bits per heavy atom. The molecule has 0 saturated carbocycles. The summed E-state index contributed by atoms with van der Waals surface area (Å²) in [5, 5.41) is 3.49. The monoisotopic (exact) mass is 264 g/mol. The highest BCUT2D eigenvalue weighted by Crippen LogP contribution is 2.27. The van der Waals surface area contributed by atoms with Crippen LogP contribution in [-0.4, -0.2) is 32.6 Å². The van der Waals surface area contributed by atoms with E-state index in [1.807, 2.05) is 6.07 Å². The Hall–Kier alpha value is -1.22. The van der Waals surface area contributed by atoms with Gasteiger partial charge in [0, 0.05) is 13.1 Å². The summed E-state index contributed by atoms with van der Waals surface area (Å²) < 4.78 is 5.41. The van der Waals surface area contributed by atoms with E-state index in [1.165, 1.54) is 5.56 Å². The first-order chi connectivity index (χ1) is 8.81. The minimum atomic E-state index is 0.349. The van der Waals surface area contributed by atoms with Gasteiger partial charge < -0.3 is 15.0 Å². The van der Waals surface area contributed by atoms with Crippen LogP contribution < -0.4 is 10.1 Å². The zero-order valence-electron chi connectivity index (χ0n) is 13.2. The van der Waals surface area contributed by atoms with Crippen molar-refractivity contribution in [3.8, 4) is 5.75 Å². The molecule has 0 aliphatic carbocycles. The highest BCUT2D eigenvalue weighted by atomic mass is 16.5. The zero-order chi connectivity index (χ0) is 14.5. The Labute approximate surface area is 118 Å². The Morgan fingerprint density at radius 1 is 1.21 bits per heavy atom. The number of nitrogens with zero attached hydrogens (tertiary/aromatic N) is 1. The predicted molar refractivity (Wildman–Crippen MR) is 82.9 cm³/mol. The molecule has 1 aromatic carbocycles. The third-order valence-electron chi connectivity index (χ3n) is 2.95. The Morgan fingerprint density at radius 3 is 2.42 bits per heavy atom. The van der Waals surface area contributed by atoms with E-state index in [1.54, 1.807) is 7.11 Å². The van der Waals surface area contributed by atoms with Crippen LogP contribution in [0.1, 0.15) is 32.8 Å². The van der Waals surface area contributed by atoms with E-state index >= 15 is 0 Å². The number of hydrogen-bond acceptors (Lipinski definition) is 3. The van der Waals surface area contributed by atoms with E-state index in [-0.39, 0.29) is 0 Å². The standard InChI is InChI=1S/C16H28N2O/c1-16(2,3)9-10-17-14-11-13(12-18(4)5)7-8-15(14)19-6/h7-8,11,17H,9-10,12H2,1-6H3. The molecule has 0 spiro atoms. The van der Waals surface area contributed by atoms with Gasteiger partial charge in [-0.05, 0) is 43.6 Å². The largest absolute Gasteiger partial charge is 0.495 e. The summed E-state index contributed by atoms with van der Waals surface area (Å²) in [4.78, 5) is 2.17. The van der Waals surface area contributed by atoms with Crippen LogP contribution >= 0.6 is 0 Å². The molecule has 1 N–H and O–H groups in total. The molecular formula is C16H28N2O. The third-order valence-corrected chi connectivity index (χ3v) is 2.95. The molecule has 0 bridgehead atoms. The predicted octanol–water partition coefficient (Wildman–Crippen LogP) is 3.60. The van der Waals surface area contributed by atoms with Gasteiger partial charge >= 0.3 is 0 Å². The number of rotatable bonds is 6. The summed E-state index contributed by atoms with van der Waals surface area (Å²) in [5.41, 5.74) is 2.73. The van der Waals surface area contributed by atoms with Crippen LogP contribution in [0.25, 0.3) is 0 Å².